The van der Waals surface area contributed by atoms with Gasteiger partial charge in [0.1, 0.15) is 5.72 Å². The van der Waals surface area contributed by atoms with E-state index in [9.17, 15) is 0 Å². The number of halogens is 1. The Morgan fingerprint density at radius 2 is 2.00 bits per heavy atom. The van der Waals surface area contributed by atoms with E-state index in [2.05, 4.69) is 31.4 Å². The molecule has 2 aliphatic rings. The molecular formula is C10H21ClN2O. The molecule has 0 aromatic rings. The van der Waals surface area contributed by atoms with Gasteiger partial charge in [-0.05, 0) is 33.7 Å². The van der Waals surface area contributed by atoms with Crippen molar-refractivity contribution in [3.63, 3.8) is 0 Å². The van der Waals surface area contributed by atoms with E-state index in [0.717, 1.165) is 19.7 Å². The number of ether oxygens (including phenoxy) is 1. The summed E-state index contributed by atoms with van der Waals surface area (Å²) in [5.74, 6) is 0.620. The highest BCUT2D eigenvalue weighted by Gasteiger charge is 2.46. The molecule has 2 atom stereocenters. The van der Waals surface area contributed by atoms with Crippen LogP contribution < -0.4 is 10.6 Å². The van der Waals surface area contributed by atoms with Gasteiger partial charge in [-0.15, -0.1) is 12.4 Å². The zero-order valence-corrected chi connectivity index (χ0v) is 10.0. The largest absolute Gasteiger partial charge is 0.359 e. The maximum Gasteiger partial charge on any atom is 0.121 e. The van der Waals surface area contributed by atoms with Crippen LogP contribution in [-0.4, -0.2) is 31.0 Å². The average molecular weight is 221 g/mol. The lowest BCUT2D eigenvalue weighted by Crippen LogP contribution is -2.51. The van der Waals surface area contributed by atoms with Gasteiger partial charge in [0, 0.05) is 18.0 Å². The van der Waals surface area contributed by atoms with E-state index in [1.54, 1.807) is 0 Å². The predicted molar refractivity (Wildman–Crippen MR) is 59.8 cm³/mol. The molecule has 3 nitrogen and oxygen atoms in total. The summed E-state index contributed by atoms with van der Waals surface area (Å²) in [6.07, 6.45) is 1.22. The van der Waals surface area contributed by atoms with Crippen molar-refractivity contribution in [2.45, 2.75) is 38.5 Å². The van der Waals surface area contributed by atoms with E-state index in [4.69, 9.17) is 4.74 Å². The van der Waals surface area contributed by atoms with Gasteiger partial charge in [0.05, 0.1) is 6.61 Å². The molecular weight excluding hydrogens is 200 g/mol. The molecule has 0 radical (unpaired) electrons. The first-order valence-corrected chi connectivity index (χ1v) is 5.16. The van der Waals surface area contributed by atoms with Crippen LogP contribution in [0, 0.1) is 5.92 Å². The molecule has 0 bridgehead atoms. The Balaban J connectivity index is 0.000000980. The van der Waals surface area contributed by atoms with Gasteiger partial charge in [-0.1, -0.05) is 0 Å². The van der Waals surface area contributed by atoms with Crippen molar-refractivity contribution >= 4 is 12.4 Å². The lowest BCUT2D eigenvalue weighted by Gasteiger charge is -2.32. The molecule has 2 fully saturated rings. The second kappa shape index (κ2) is 3.97. The third kappa shape index (κ3) is 2.22. The van der Waals surface area contributed by atoms with Gasteiger partial charge in [0.2, 0.25) is 0 Å². The molecule has 0 aliphatic carbocycles. The molecule has 14 heavy (non-hydrogen) atoms. The third-order valence-electron chi connectivity index (χ3n) is 3.16. The number of hydrogen-bond donors (Lipinski definition) is 2. The molecule has 0 spiro atoms. The van der Waals surface area contributed by atoms with Gasteiger partial charge in [-0.25, -0.2) is 0 Å². The van der Waals surface area contributed by atoms with Crippen LogP contribution in [-0.2, 0) is 4.74 Å². The molecule has 0 saturated carbocycles. The zero-order chi connectivity index (χ0) is 9.53. The predicted octanol–water partition coefficient (Wildman–Crippen LogP) is 1.13. The normalized spacial score (nSPS) is 40.9. The Hall–Kier alpha value is 0.170. The van der Waals surface area contributed by atoms with Crippen molar-refractivity contribution < 1.29 is 4.74 Å². The molecule has 2 unspecified atom stereocenters. The lowest BCUT2D eigenvalue weighted by molar-refractivity contribution is -0.0365. The fraction of sp³-hybridized carbons (Fsp3) is 1.00. The molecule has 2 aliphatic heterocycles. The molecule has 0 amide bonds. The maximum absolute atomic E-state index is 5.89. The summed E-state index contributed by atoms with van der Waals surface area (Å²) < 4.78 is 5.89. The van der Waals surface area contributed by atoms with Crippen LogP contribution in [0.3, 0.4) is 0 Å². The number of hydrogen-bond acceptors (Lipinski definition) is 3. The van der Waals surface area contributed by atoms with Crippen molar-refractivity contribution in [3.05, 3.63) is 0 Å². The Kier molecular flexibility index (Phi) is 3.47. The van der Waals surface area contributed by atoms with Crippen LogP contribution in [0.25, 0.3) is 0 Å². The van der Waals surface area contributed by atoms with Crippen LogP contribution in [0.2, 0.25) is 0 Å². The third-order valence-corrected chi connectivity index (χ3v) is 3.16. The Morgan fingerprint density at radius 3 is 2.43 bits per heavy atom. The average Bonchev–Trinajstić information content (AvgIpc) is 2.58. The van der Waals surface area contributed by atoms with E-state index >= 15 is 0 Å². The van der Waals surface area contributed by atoms with Gasteiger partial charge in [-0.2, -0.15) is 0 Å². The highest BCUT2D eigenvalue weighted by Crippen LogP contribution is 2.32. The summed E-state index contributed by atoms with van der Waals surface area (Å²) in [7, 11) is 0. The standard InChI is InChI=1S/C10H20N2O.ClH/c1-9(2)7-13-10(3,12-9)8-4-5-11-6-8;/h8,11-12H,4-7H2,1-3H3;1H. The van der Waals surface area contributed by atoms with Crippen LogP contribution in [0.1, 0.15) is 27.2 Å². The van der Waals surface area contributed by atoms with Gasteiger partial charge < -0.3 is 10.1 Å². The first-order valence-electron chi connectivity index (χ1n) is 5.16. The Morgan fingerprint density at radius 1 is 1.29 bits per heavy atom. The second-order valence-corrected chi connectivity index (χ2v) is 5.09. The highest BCUT2D eigenvalue weighted by molar-refractivity contribution is 5.85. The van der Waals surface area contributed by atoms with Crippen LogP contribution in [0.5, 0.6) is 0 Å². The van der Waals surface area contributed by atoms with Crippen LogP contribution >= 0.6 is 12.4 Å². The summed E-state index contributed by atoms with van der Waals surface area (Å²) in [5, 5.41) is 6.97. The van der Waals surface area contributed by atoms with Crippen molar-refractivity contribution in [2.75, 3.05) is 19.7 Å². The van der Waals surface area contributed by atoms with E-state index in [-0.39, 0.29) is 23.7 Å². The summed E-state index contributed by atoms with van der Waals surface area (Å²) in [5.41, 5.74) is 0.0321. The fourth-order valence-corrected chi connectivity index (χ4v) is 2.42. The minimum atomic E-state index is -0.104. The minimum Gasteiger partial charge on any atom is -0.359 e. The van der Waals surface area contributed by atoms with E-state index in [1.807, 2.05) is 0 Å². The first kappa shape index (κ1) is 12.2. The molecule has 2 rings (SSSR count). The molecule has 84 valence electrons. The fourth-order valence-electron chi connectivity index (χ4n) is 2.42. The Labute approximate surface area is 92.4 Å². The summed E-state index contributed by atoms with van der Waals surface area (Å²) in [6, 6.07) is 0. The lowest BCUT2D eigenvalue weighted by atomic mass is 9.95. The van der Waals surface area contributed by atoms with Gasteiger partial charge in [-0.3, -0.25) is 5.32 Å². The topological polar surface area (TPSA) is 33.3 Å². The highest BCUT2D eigenvalue weighted by atomic mass is 35.5. The van der Waals surface area contributed by atoms with E-state index in [0.29, 0.717) is 5.92 Å². The first-order chi connectivity index (χ1) is 6.02. The summed E-state index contributed by atoms with van der Waals surface area (Å²) in [6.45, 7) is 9.60. The van der Waals surface area contributed by atoms with Crippen LogP contribution in [0.4, 0.5) is 0 Å². The molecule has 2 N–H and O–H groups in total. The SMILES string of the molecule is CC1(C)COC(C)(C2CCNC2)N1.Cl. The quantitative estimate of drug-likeness (QED) is 0.695. The zero-order valence-electron chi connectivity index (χ0n) is 9.22. The second-order valence-electron chi connectivity index (χ2n) is 5.09. The van der Waals surface area contributed by atoms with E-state index in [1.165, 1.54) is 6.42 Å². The van der Waals surface area contributed by atoms with Crippen molar-refractivity contribution in [3.8, 4) is 0 Å². The number of rotatable bonds is 1. The summed E-state index contributed by atoms with van der Waals surface area (Å²) >= 11 is 0. The molecule has 0 aromatic carbocycles. The molecule has 2 heterocycles. The van der Waals surface area contributed by atoms with Crippen molar-refractivity contribution in [1.29, 1.82) is 0 Å². The smallest absolute Gasteiger partial charge is 0.121 e. The molecule has 4 heteroatoms. The number of nitrogens with one attached hydrogen (secondary N) is 2. The Bertz CT molecular complexity index is 204. The van der Waals surface area contributed by atoms with Crippen molar-refractivity contribution in [1.82, 2.24) is 10.6 Å². The monoisotopic (exact) mass is 220 g/mol. The van der Waals surface area contributed by atoms with Crippen molar-refractivity contribution in [2.24, 2.45) is 5.92 Å². The molecule has 0 aromatic heterocycles. The maximum atomic E-state index is 5.89. The van der Waals surface area contributed by atoms with Gasteiger partial charge >= 0.3 is 0 Å². The van der Waals surface area contributed by atoms with Crippen LogP contribution in [0.15, 0.2) is 0 Å². The van der Waals surface area contributed by atoms with E-state index < -0.39 is 0 Å². The molecule has 2 saturated heterocycles. The van der Waals surface area contributed by atoms with Gasteiger partial charge in [0.25, 0.3) is 0 Å². The minimum absolute atomic E-state index is 0. The van der Waals surface area contributed by atoms with Gasteiger partial charge in [0.15, 0.2) is 0 Å². The summed E-state index contributed by atoms with van der Waals surface area (Å²) in [4.78, 5) is 0.